The molecule has 1 fully saturated rings. The number of urea groups is 1. The molecular weight excluding hydrogens is 294 g/mol. The van der Waals surface area contributed by atoms with E-state index < -0.39 is 0 Å². The molecular formula is C17H23N3O3. The van der Waals surface area contributed by atoms with E-state index >= 15 is 0 Å². The zero-order valence-electron chi connectivity index (χ0n) is 13.7. The van der Waals surface area contributed by atoms with E-state index in [9.17, 15) is 9.59 Å². The lowest BCUT2D eigenvalue weighted by Crippen LogP contribution is -2.43. The maximum Gasteiger partial charge on any atom is 0.324 e. The molecule has 2 heterocycles. The van der Waals surface area contributed by atoms with E-state index in [1.807, 2.05) is 6.07 Å². The standard InChI is InChI=1S/C17H23N3O3/c1-12-10-19(11-16(21)20-8-6-18-17(20)22)7-5-13-3-4-14(23-2)9-15(12)13/h3-4,9,12H,5-8,10-11H2,1-2H3,(H,18,22). The summed E-state index contributed by atoms with van der Waals surface area (Å²) in [5, 5.41) is 2.67. The van der Waals surface area contributed by atoms with Crippen molar-refractivity contribution in [2.24, 2.45) is 0 Å². The van der Waals surface area contributed by atoms with Gasteiger partial charge in [0, 0.05) is 26.2 Å². The molecule has 6 nitrogen and oxygen atoms in total. The summed E-state index contributed by atoms with van der Waals surface area (Å²) in [7, 11) is 1.68. The van der Waals surface area contributed by atoms with E-state index in [1.54, 1.807) is 7.11 Å². The van der Waals surface area contributed by atoms with Gasteiger partial charge in [0.1, 0.15) is 5.75 Å². The molecule has 0 saturated carbocycles. The van der Waals surface area contributed by atoms with E-state index in [0.29, 0.717) is 25.6 Å². The van der Waals surface area contributed by atoms with E-state index in [2.05, 4.69) is 29.3 Å². The van der Waals surface area contributed by atoms with Crippen LogP contribution < -0.4 is 10.1 Å². The van der Waals surface area contributed by atoms with Crippen LogP contribution in [0.5, 0.6) is 5.75 Å². The Morgan fingerprint density at radius 2 is 2.22 bits per heavy atom. The molecule has 6 heteroatoms. The number of carbonyl (C=O) groups is 2. The number of carbonyl (C=O) groups excluding carboxylic acids is 2. The molecule has 2 aliphatic heterocycles. The highest BCUT2D eigenvalue weighted by Crippen LogP contribution is 2.28. The molecule has 0 bridgehead atoms. The van der Waals surface area contributed by atoms with Crippen LogP contribution in [-0.2, 0) is 11.2 Å². The fourth-order valence-electron chi connectivity index (χ4n) is 3.37. The topological polar surface area (TPSA) is 61.9 Å². The molecule has 1 aromatic rings. The SMILES string of the molecule is COc1ccc2c(c1)C(C)CN(CC(=O)N1CCNC1=O)CC2. The Bertz CT molecular complexity index is 617. The molecule has 23 heavy (non-hydrogen) atoms. The van der Waals surface area contributed by atoms with Crippen LogP contribution in [0.2, 0.25) is 0 Å². The van der Waals surface area contributed by atoms with Gasteiger partial charge in [-0.1, -0.05) is 13.0 Å². The largest absolute Gasteiger partial charge is 0.497 e. The van der Waals surface area contributed by atoms with Crippen molar-refractivity contribution in [3.05, 3.63) is 29.3 Å². The summed E-state index contributed by atoms with van der Waals surface area (Å²) in [4.78, 5) is 27.4. The minimum atomic E-state index is -0.272. The zero-order valence-corrected chi connectivity index (χ0v) is 13.7. The van der Waals surface area contributed by atoms with Gasteiger partial charge in [0.05, 0.1) is 13.7 Å². The second-order valence-corrected chi connectivity index (χ2v) is 6.23. The summed E-state index contributed by atoms with van der Waals surface area (Å²) < 4.78 is 5.32. The normalized spacial score (nSPS) is 21.6. The molecule has 0 aromatic heterocycles. The maximum absolute atomic E-state index is 12.3. The predicted molar refractivity (Wildman–Crippen MR) is 86.7 cm³/mol. The van der Waals surface area contributed by atoms with Gasteiger partial charge in [0.15, 0.2) is 0 Å². The minimum absolute atomic E-state index is 0.115. The number of imide groups is 1. The number of ether oxygens (including phenoxy) is 1. The molecule has 1 atom stereocenters. The van der Waals surface area contributed by atoms with Crippen molar-refractivity contribution >= 4 is 11.9 Å². The van der Waals surface area contributed by atoms with Crippen molar-refractivity contribution in [3.63, 3.8) is 0 Å². The van der Waals surface area contributed by atoms with Gasteiger partial charge in [-0.15, -0.1) is 0 Å². The highest BCUT2D eigenvalue weighted by Gasteiger charge is 2.29. The Kier molecular flexibility index (Phi) is 4.52. The average molecular weight is 317 g/mol. The summed E-state index contributed by atoms with van der Waals surface area (Å²) in [6, 6.07) is 5.93. The van der Waals surface area contributed by atoms with Crippen LogP contribution in [0.25, 0.3) is 0 Å². The summed E-state index contributed by atoms with van der Waals surface area (Å²) in [5.41, 5.74) is 2.60. The number of benzene rings is 1. The Labute approximate surface area is 136 Å². The maximum atomic E-state index is 12.3. The Morgan fingerprint density at radius 1 is 1.39 bits per heavy atom. The van der Waals surface area contributed by atoms with Crippen LogP contribution in [0, 0.1) is 0 Å². The van der Waals surface area contributed by atoms with Crippen LogP contribution in [0.4, 0.5) is 4.79 Å². The second kappa shape index (κ2) is 6.58. The first-order valence-electron chi connectivity index (χ1n) is 8.06. The van der Waals surface area contributed by atoms with Gasteiger partial charge in [-0.05, 0) is 35.6 Å². The van der Waals surface area contributed by atoms with Crippen molar-refractivity contribution in [1.82, 2.24) is 15.1 Å². The molecule has 1 saturated heterocycles. The predicted octanol–water partition coefficient (Wildman–Crippen LogP) is 1.21. The zero-order chi connectivity index (χ0) is 16.4. The fraction of sp³-hybridized carbons (Fsp3) is 0.529. The van der Waals surface area contributed by atoms with E-state index in [4.69, 9.17) is 4.74 Å². The van der Waals surface area contributed by atoms with Crippen molar-refractivity contribution < 1.29 is 14.3 Å². The van der Waals surface area contributed by atoms with Crippen molar-refractivity contribution in [2.75, 3.05) is 39.8 Å². The van der Waals surface area contributed by atoms with Crippen LogP contribution in [0.3, 0.4) is 0 Å². The molecule has 1 aromatic carbocycles. The van der Waals surface area contributed by atoms with Gasteiger partial charge in [0.2, 0.25) is 5.91 Å². The Hall–Kier alpha value is -2.08. The van der Waals surface area contributed by atoms with Gasteiger partial charge < -0.3 is 10.1 Å². The van der Waals surface area contributed by atoms with Crippen molar-refractivity contribution in [3.8, 4) is 5.75 Å². The average Bonchev–Trinajstić information content (AvgIpc) is 2.91. The smallest absolute Gasteiger partial charge is 0.324 e. The van der Waals surface area contributed by atoms with E-state index in [1.165, 1.54) is 16.0 Å². The third-order valence-corrected chi connectivity index (χ3v) is 4.63. The molecule has 2 aliphatic rings. The first-order chi connectivity index (χ1) is 11.1. The summed E-state index contributed by atoms with van der Waals surface area (Å²) in [6.07, 6.45) is 0.906. The molecule has 0 radical (unpaired) electrons. The number of amides is 3. The molecule has 3 amide bonds. The first-order valence-corrected chi connectivity index (χ1v) is 8.06. The fourth-order valence-corrected chi connectivity index (χ4v) is 3.37. The molecule has 3 rings (SSSR count). The molecule has 0 spiro atoms. The van der Waals surface area contributed by atoms with Gasteiger partial charge in [-0.3, -0.25) is 14.6 Å². The number of hydrogen-bond acceptors (Lipinski definition) is 4. The van der Waals surface area contributed by atoms with E-state index in [0.717, 1.165) is 25.3 Å². The summed E-state index contributed by atoms with van der Waals surface area (Å²) >= 11 is 0. The van der Waals surface area contributed by atoms with Gasteiger partial charge in [0.25, 0.3) is 0 Å². The van der Waals surface area contributed by atoms with Gasteiger partial charge in [-0.2, -0.15) is 0 Å². The van der Waals surface area contributed by atoms with E-state index in [-0.39, 0.29) is 11.9 Å². The number of nitrogens with one attached hydrogen (secondary N) is 1. The Morgan fingerprint density at radius 3 is 2.91 bits per heavy atom. The summed E-state index contributed by atoms with van der Waals surface area (Å²) in [6.45, 7) is 5.11. The highest BCUT2D eigenvalue weighted by molar-refractivity contribution is 5.96. The number of nitrogens with zero attached hydrogens (tertiary/aromatic N) is 2. The molecule has 124 valence electrons. The highest BCUT2D eigenvalue weighted by atomic mass is 16.5. The third kappa shape index (κ3) is 3.32. The molecule has 1 N–H and O–H groups in total. The van der Waals surface area contributed by atoms with Gasteiger partial charge in [-0.25, -0.2) is 4.79 Å². The lowest BCUT2D eigenvalue weighted by molar-refractivity contribution is -0.128. The van der Waals surface area contributed by atoms with Gasteiger partial charge >= 0.3 is 6.03 Å². The lowest BCUT2D eigenvalue weighted by Gasteiger charge is -2.24. The third-order valence-electron chi connectivity index (χ3n) is 4.63. The van der Waals surface area contributed by atoms with Crippen LogP contribution in [0.1, 0.15) is 24.0 Å². The minimum Gasteiger partial charge on any atom is -0.497 e. The first kappa shape index (κ1) is 15.8. The number of methoxy groups -OCH3 is 1. The van der Waals surface area contributed by atoms with Crippen LogP contribution in [0.15, 0.2) is 18.2 Å². The van der Waals surface area contributed by atoms with Crippen LogP contribution in [-0.4, -0.2) is 61.6 Å². The number of rotatable bonds is 3. The molecule has 0 aliphatic carbocycles. The molecule has 1 unspecified atom stereocenters. The quantitative estimate of drug-likeness (QED) is 0.910. The lowest BCUT2D eigenvalue weighted by atomic mass is 9.95. The Balaban J connectivity index is 1.68. The monoisotopic (exact) mass is 317 g/mol. The second-order valence-electron chi connectivity index (χ2n) is 6.23. The number of fused-ring (bicyclic) bond motifs is 1. The van der Waals surface area contributed by atoms with Crippen molar-refractivity contribution in [1.29, 1.82) is 0 Å². The van der Waals surface area contributed by atoms with Crippen LogP contribution >= 0.6 is 0 Å². The number of hydrogen-bond donors (Lipinski definition) is 1. The summed E-state index contributed by atoms with van der Waals surface area (Å²) in [5.74, 6) is 1.08. The van der Waals surface area contributed by atoms with Crippen molar-refractivity contribution in [2.45, 2.75) is 19.3 Å².